The summed E-state index contributed by atoms with van der Waals surface area (Å²) < 4.78 is 26.0. The third kappa shape index (κ3) is 5.07. The third-order valence-electron chi connectivity index (χ3n) is 3.71. The molecule has 1 aliphatic heterocycles. The standard InChI is InChI=1S/C17H22O9/c1-9(18)23-8-13-14(20)16(24-10(2)19)15(21)17(26-13)25-12-6-4-11(22-3)5-7-12/h4-7,13-17,20-21H,8H2,1-3H3/t13-,14-,15-,16-,17-/m1/s1. The van der Waals surface area contributed by atoms with E-state index in [-0.39, 0.29) is 6.61 Å². The SMILES string of the molecule is COc1ccc(O[C@@H]2O[C@H](COC(C)=O)[C@@H](O)[C@@H](OC(C)=O)[C@H]2O)cc1. The van der Waals surface area contributed by atoms with Crippen LogP contribution in [0, 0.1) is 0 Å². The van der Waals surface area contributed by atoms with Crippen molar-refractivity contribution in [1.29, 1.82) is 0 Å². The topological polar surface area (TPSA) is 121 Å². The monoisotopic (exact) mass is 370 g/mol. The molecule has 0 amide bonds. The van der Waals surface area contributed by atoms with Crippen LogP contribution in [0.5, 0.6) is 11.5 Å². The van der Waals surface area contributed by atoms with Crippen molar-refractivity contribution in [3.63, 3.8) is 0 Å². The van der Waals surface area contributed by atoms with Gasteiger partial charge in [0, 0.05) is 13.8 Å². The lowest BCUT2D eigenvalue weighted by Gasteiger charge is -2.41. The highest BCUT2D eigenvalue weighted by Gasteiger charge is 2.48. The molecule has 0 aliphatic carbocycles. The second kappa shape index (κ2) is 8.84. The highest BCUT2D eigenvalue weighted by molar-refractivity contribution is 5.66. The van der Waals surface area contributed by atoms with E-state index in [1.54, 1.807) is 24.3 Å². The lowest BCUT2D eigenvalue weighted by atomic mass is 9.99. The smallest absolute Gasteiger partial charge is 0.303 e. The van der Waals surface area contributed by atoms with E-state index in [9.17, 15) is 19.8 Å². The Bertz CT molecular complexity index is 615. The Labute approximate surface area is 150 Å². The number of aliphatic hydroxyl groups is 2. The van der Waals surface area contributed by atoms with Gasteiger partial charge in [-0.3, -0.25) is 9.59 Å². The molecule has 1 saturated heterocycles. The van der Waals surface area contributed by atoms with Crippen LogP contribution in [0.4, 0.5) is 0 Å². The summed E-state index contributed by atoms with van der Waals surface area (Å²) in [7, 11) is 1.52. The minimum Gasteiger partial charge on any atom is -0.497 e. The van der Waals surface area contributed by atoms with E-state index in [1.807, 2.05) is 0 Å². The van der Waals surface area contributed by atoms with Crippen LogP contribution >= 0.6 is 0 Å². The minimum absolute atomic E-state index is 0.288. The molecule has 26 heavy (non-hydrogen) atoms. The molecule has 144 valence electrons. The molecule has 0 radical (unpaired) electrons. The van der Waals surface area contributed by atoms with Crippen LogP contribution < -0.4 is 9.47 Å². The van der Waals surface area contributed by atoms with Crippen molar-refractivity contribution >= 4 is 11.9 Å². The number of rotatable bonds is 6. The molecule has 1 heterocycles. The van der Waals surface area contributed by atoms with Gasteiger partial charge in [0.15, 0.2) is 12.2 Å². The number of aliphatic hydroxyl groups excluding tert-OH is 2. The fourth-order valence-electron chi connectivity index (χ4n) is 2.46. The lowest BCUT2D eigenvalue weighted by molar-refractivity contribution is -0.282. The molecule has 1 fully saturated rings. The molecular formula is C17H22O9. The van der Waals surface area contributed by atoms with Gasteiger partial charge in [0.1, 0.15) is 30.3 Å². The molecule has 0 bridgehead atoms. The summed E-state index contributed by atoms with van der Waals surface area (Å²) in [5.74, 6) is -0.282. The van der Waals surface area contributed by atoms with E-state index in [4.69, 9.17) is 23.7 Å². The summed E-state index contributed by atoms with van der Waals surface area (Å²) in [5.41, 5.74) is 0. The van der Waals surface area contributed by atoms with E-state index in [1.165, 1.54) is 14.0 Å². The molecule has 2 rings (SSSR count). The molecule has 9 nitrogen and oxygen atoms in total. The van der Waals surface area contributed by atoms with Gasteiger partial charge in [-0.1, -0.05) is 0 Å². The normalized spacial score (nSPS) is 28.1. The summed E-state index contributed by atoms with van der Waals surface area (Å²) in [6.45, 7) is 2.07. The van der Waals surface area contributed by atoms with Crippen molar-refractivity contribution in [2.24, 2.45) is 0 Å². The molecule has 1 aromatic carbocycles. The summed E-state index contributed by atoms with van der Waals surface area (Å²) >= 11 is 0. The number of hydrogen-bond acceptors (Lipinski definition) is 9. The maximum absolute atomic E-state index is 11.3. The molecule has 1 aromatic rings. The van der Waals surface area contributed by atoms with Gasteiger partial charge in [-0.25, -0.2) is 0 Å². The van der Waals surface area contributed by atoms with Crippen LogP contribution in [0.2, 0.25) is 0 Å². The molecule has 5 atom stereocenters. The van der Waals surface area contributed by atoms with Gasteiger partial charge in [0.25, 0.3) is 0 Å². The van der Waals surface area contributed by atoms with E-state index in [0.717, 1.165) is 6.92 Å². The fourth-order valence-corrected chi connectivity index (χ4v) is 2.46. The summed E-state index contributed by atoms with van der Waals surface area (Å²) in [5, 5.41) is 20.7. The molecule has 0 aromatic heterocycles. The van der Waals surface area contributed by atoms with E-state index >= 15 is 0 Å². The van der Waals surface area contributed by atoms with Crippen LogP contribution in [0.25, 0.3) is 0 Å². The third-order valence-corrected chi connectivity index (χ3v) is 3.71. The summed E-state index contributed by atoms with van der Waals surface area (Å²) in [4.78, 5) is 22.3. The second-order valence-corrected chi connectivity index (χ2v) is 5.69. The quantitative estimate of drug-likeness (QED) is 0.667. The van der Waals surface area contributed by atoms with Gasteiger partial charge < -0.3 is 33.9 Å². The van der Waals surface area contributed by atoms with Crippen LogP contribution in [-0.4, -0.2) is 66.6 Å². The van der Waals surface area contributed by atoms with E-state index < -0.39 is 42.6 Å². The van der Waals surface area contributed by atoms with Gasteiger partial charge in [-0.15, -0.1) is 0 Å². The first-order valence-electron chi connectivity index (χ1n) is 7.94. The number of benzene rings is 1. The maximum Gasteiger partial charge on any atom is 0.303 e. The molecular weight excluding hydrogens is 348 g/mol. The van der Waals surface area contributed by atoms with Crippen molar-refractivity contribution in [2.45, 2.75) is 44.6 Å². The Morgan fingerprint density at radius 3 is 2.19 bits per heavy atom. The maximum atomic E-state index is 11.3. The zero-order valence-corrected chi connectivity index (χ0v) is 14.7. The average molecular weight is 370 g/mol. The van der Waals surface area contributed by atoms with Crippen molar-refractivity contribution in [3.8, 4) is 11.5 Å². The first-order chi connectivity index (χ1) is 12.3. The van der Waals surface area contributed by atoms with Crippen molar-refractivity contribution in [2.75, 3.05) is 13.7 Å². The minimum atomic E-state index is -1.45. The van der Waals surface area contributed by atoms with Crippen molar-refractivity contribution < 1.29 is 43.5 Å². The van der Waals surface area contributed by atoms with Crippen LogP contribution in [0.15, 0.2) is 24.3 Å². The molecule has 0 spiro atoms. The molecule has 9 heteroatoms. The summed E-state index contributed by atoms with van der Waals surface area (Å²) in [6.07, 6.45) is -6.45. The Hall–Kier alpha value is -2.36. The zero-order valence-electron chi connectivity index (χ0n) is 14.7. The van der Waals surface area contributed by atoms with Gasteiger partial charge in [0.2, 0.25) is 6.29 Å². The van der Waals surface area contributed by atoms with Gasteiger partial charge in [0.05, 0.1) is 7.11 Å². The first kappa shape index (κ1) is 20.0. The predicted octanol–water partition coefficient (Wildman–Crippen LogP) is 0.0155. The zero-order chi connectivity index (χ0) is 19.3. The van der Waals surface area contributed by atoms with Gasteiger partial charge >= 0.3 is 11.9 Å². The molecule has 0 unspecified atom stereocenters. The summed E-state index contributed by atoms with van der Waals surface area (Å²) in [6, 6.07) is 6.50. The highest BCUT2D eigenvalue weighted by Crippen LogP contribution is 2.27. The molecule has 0 saturated carbocycles. The van der Waals surface area contributed by atoms with Crippen molar-refractivity contribution in [1.82, 2.24) is 0 Å². The van der Waals surface area contributed by atoms with Crippen LogP contribution in [-0.2, 0) is 23.8 Å². The van der Waals surface area contributed by atoms with E-state index in [2.05, 4.69) is 0 Å². The van der Waals surface area contributed by atoms with Gasteiger partial charge in [-0.2, -0.15) is 0 Å². The second-order valence-electron chi connectivity index (χ2n) is 5.69. The number of ether oxygens (including phenoxy) is 5. The van der Waals surface area contributed by atoms with Crippen LogP contribution in [0.3, 0.4) is 0 Å². The number of carbonyl (C=O) groups excluding carboxylic acids is 2. The number of hydrogen-bond donors (Lipinski definition) is 2. The van der Waals surface area contributed by atoms with Crippen LogP contribution in [0.1, 0.15) is 13.8 Å². The van der Waals surface area contributed by atoms with Crippen molar-refractivity contribution in [3.05, 3.63) is 24.3 Å². The van der Waals surface area contributed by atoms with Gasteiger partial charge in [-0.05, 0) is 24.3 Å². The number of methoxy groups -OCH3 is 1. The lowest BCUT2D eigenvalue weighted by Crippen LogP contribution is -2.61. The number of carbonyl (C=O) groups is 2. The number of esters is 2. The Morgan fingerprint density at radius 2 is 1.65 bits per heavy atom. The molecule has 2 N–H and O–H groups in total. The predicted molar refractivity (Wildman–Crippen MR) is 86.5 cm³/mol. The Morgan fingerprint density at radius 1 is 1.04 bits per heavy atom. The van der Waals surface area contributed by atoms with E-state index in [0.29, 0.717) is 11.5 Å². The highest BCUT2D eigenvalue weighted by atomic mass is 16.7. The first-order valence-corrected chi connectivity index (χ1v) is 7.94. The average Bonchev–Trinajstić information content (AvgIpc) is 2.60. The fraction of sp³-hybridized carbons (Fsp3) is 0.529. The Balaban J connectivity index is 2.15. The largest absolute Gasteiger partial charge is 0.497 e. The Kier molecular flexibility index (Phi) is 6.78. The molecule has 1 aliphatic rings.